The standard InChI is InChI=1S/C65H92O22/c1-35-52(67)57(77-11)53(68)59(81-35)87-56-38(4)80-51(32-45(56)76-10)86-55-37(3)79-50(31-44(55)75-9)85-54-36(2)78-49(30-43(54)74-8)83-42-24-25-60(6)46-33-47(84-48(66)23-22-40-18-14-12-15-19-40)61(7)63(71,39(5)82-58(69)41-20-16-13-17-21-41)28-29-65(61,73)64(46,72)27-26-62(60,70)34-42/h12-23,26-27,35-39,42-47,49-57,59,67-68,70-73H,24-25,28-34H2,1-11H3/b23-22+/t35-,36-,37-,38-,39?,42+,43+,44+,45-,46-,47-,49+,50+,51+,52-,53-,54-,55-,56-,57-,59+,60-,61-,62-,63-,64+,65-/m1/s1. The monoisotopic (exact) mass is 1220 g/mol. The molecule has 0 bridgehead atoms. The number of rotatable bonds is 18. The molecule has 4 saturated heterocycles. The van der Waals surface area contributed by atoms with Gasteiger partial charge in [0.1, 0.15) is 65.6 Å². The van der Waals surface area contributed by atoms with Crippen LogP contribution in [0.3, 0.4) is 0 Å². The Labute approximate surface area is 509 Å². The fourth-order valence-electron chi connectivity index (χ4n) is 16.1. The molecule has 87 heavy (non-hydrogen) atoms. The van der Waals surface area contributed by atoms with E-state index in [1.165, 1.54) is 19.3 Å². The van der Waals surface area contributed by atoms with Gasteiger partial charge in [0.05, 0.1) is 65.4 Å². The van der Waals surface area contributed by atoms with Crippen molar-refractivity contribution in [3.8, 4) is 0 Å². The molecule has 1 unspecified atom stereocenters. The van der Waals surface area contributed by atoms with E-state index in [2.05, 4.69) is 0 Å². The molecule has 27 atom stereocenters. The number of carbonyl (C=O) groups is 2. The van der Waals surface area contributed by atoms with Gasteiger partial charge in [0, 0.05) is 71.5 Å². The molecule has 2 aromatic rings. The van der Waals surface area contributed by atoms with Crippen LogP contribution in [0, 0.1) is 16.7 Å². The second kappa shape index (κ2) is 26.0. The molecular weight excluding hydrogens is 1130 g/mol. The molecule has 0 aromatic heterocycles. The summed E-state index contributed by atoms with van der Waals surface area (Å²) in [7, 11) is 6.17. The van der Waals surface area contributed by atoms with Crippen LogP contribution in [0.2, 0.25) is 0 Å². The van der Waals surface area contributed by atoms with Crippen LogP contribution in [0.25, 0.3) is 6.08 Å². The van der Waals surface area contributed by atoms with Crippen LogP contribution in [0.15, 0.2) is 78.9 Å². The summed E-state index contributed by atoms with van der Waals surface area (Å²) in [4.78, 5) is 27.5. The van der Waals surface area contributed by atoms with Crippen molar-refractivity contribution in [2.75, 3.05) is 28.4 Å². The van der Waals surface area contributed by atoms with Gasteiger partial charge in [-0.05, 0) is 90.5 Å². The summed E-state index contributed by atoms with van der Waals surface area (Å²) in [5, 5.41) is 74.2. The molecule has 10 rings (SSSR count). The van der Waals surface area contributed by atoms with Crippen LogP contribution in [0.5, 0.6) is 0 Å². The summed E-state index contributed by atoms with van der Waals surface area (Å²) in [5.74, 6) is -2.36. The number of aliphatic hydroxyl groups is 6. The molecule has 4 aliphatic carbocycles. The summed E-state index contributed by atoms with van der Waals surface area (Å²) in [6.45, 7) is 12.3. The summed E-state index contributed by atoms with van der Waals surface area (Å²) >= 11 is 0. The van der Waals surface area contributed by atoms with E-state index in [1.807, 2.05) is 58.0 Å². The average Bonchev–Trinajstić information content (AvgIpc) is 1.62. The zero-order valence-corrected chi connectivity index (χ0v) is 51.8. The molecule has 0 radical (unpaired) electrons. The van der Waals surface area contributed by atoms with Gasteiger partial charge in [-0.3, -0.25) is 0 Å². The minimum absolute atomic E-state index is 0.0771. The Hall–Kier alpha value is -3.86. The molecule has 6 N–H and O–H groups in total. The molecular formula is C65H92O22. The molecule has 22 nitrogen and oxygen atoms in total. The molecule has 4 heterocycles. The zero-order valence-electron chi connectivity index (χ0n) is 51.8. The van der Waals surface area contributed by atoms with Crippen molar-refractivity contribution in [2.45, 2.75) is 251 Å². The molecule has 8 aliphatic rings. The second-order valence-corrected chi connectivity index (χ2v) is 25.9. The fourth-order valence-corrected chi connectivity index (χ4v) is 16.1. The lowest BCUT2D eigenvalue weighted by molar-refractivity contribution is -0.356. The Bertz CT molecular complexity index is 2720. The van der Waals surface area contributed by atoms with Gasteiger partial charge in [-0.15, -0.1) is 0 Å². The van der Waals surface area contributed by atoms with Gasteiger partial charge in [0.25, 0.3) is 0 Å². The van der Waals surface area contributed by atoms with Gasteiger partial charge in [0.2, 0.25) is 0 Å². The van der Waals surface area contributed by atoms with E-state index in [9.17, 15) is 40.2 Å². The molecule has 0 amide bonds. The quantitative estimate of drug-likeness (QED) is 0.0662. The normalized spacial score (nSPS) is 46.7. The van der Waals surface area contributed by atoms with E-state index < -0.39 is 174 Å². The van der Waals surface area contributed by atoms with Gasteiger partial charge in [-0.1, -0.05) is 74.5 Å². The Kier molecular flexibility index (Phi) is 19.8. The lowest BCUT2D eigenvalue weighted by atomic mass is 9.41. The molecule has 484 valence electrons. The summed E-state index contributed by atoms with van der Waals surface area (Å²) < 4.78 is 87.2. The Balaban J connectivity index is 0.787. The highest BCUT2D eigenvalue weighted by atomic mass is 16.8. The smallest absolute Gasteiger partial charge is 0.338 e. The third kappa shape index (κ3) is 11.9. The van der Waals surface area contributed by atoms with E-state index in [0.29, 0.717) is 19.3 Å². The van der Waals surface area contributed by atoms with Crippen molar-refractivity contribution < 1.29 is 107 Å². The molecule has 7 fully saturated rings. The van der Waals surface area contributed by atoms with Gasteiger partial charge >= 0.3 is 11.9 Å². The first-order valence-corrected chi connectivity index (χ1v) is 30.8. The first-order chi connectivity index (χ1) is 41.3. The lowest BCUT2D eigenvalue weighted by Crippen LogP contribution is -2.80. The van der Waals surface area contributed by atoms with Crippen molar-refractivity contribution in [3.05, 3.63) is 90.0 Å². The Morgan fingerprint density at radius 3 is 1.71 bits per heavy atom. The van der Waals surface area contributed by atoms with Gasteiger partial charge < -0.3 is 97.0 Å². The summed E-state index contributed by atoms with van der Waals surface area (Å²) in [6, 6.07) is 17.5. The Morgan fingerprint density at radius 2 is 1.16 bits per heavy atom. The number of carbonyl (C=O) groups excluding carboxylic acids is 2. The number of fused-ring (bicyclic) bond motifs is 5. The highest BCUT2D eigenvalue weighted by molar-refractivity contribution is 5.89. The largest absolute Gasteiger partial charge is 0.458 e. The maximum atomic E-state index is 14.0. The van der Waals surface area contributed by atoms with E-state index in [-0.39, 0.29) is 44.1 Å². The van der Waals surface area contributed by atoms with Crippen LogP contribution in [0.4, 0.5) is 0 Å². The number of hydrogen-bond donors (Lipinski definition) is 6. The average molecular weight is 1230 g/mol. The predicted octanol–water partition coefficient (Wildman–Crippen LogP) is 4.83. The number of methoxy groups -OCH3 is 4. The number of hydrogen-bond acceptors (Lipinski definition) is 22. The Morgan fingerprint density at radius 1 is 0.621 bits per heavy atom. The minimum Gasteiger partial charge on any atom is -0.458 e. The van der Waals surface area contributed by atoms with Crippen LogP contribution < -0.4 is 0 Å². The van der Waals surface area contributed by atoms with E-state index in [4.69, 9.17) is 66.3 Å². The third-order valence-electron chi connectivity index (χ3n) is 21.3. The molecule has 22 heteroatoms. The molecule has 0 spiro atoms. The van der Waals surface area contributed by atoms with Crippen molar-refractivity contribution in [1.82, 2.24) is 0 Å². The van der Waals surface area contributed by atoms with Gasteiger partial charge in [-0.2, -0.15) is 0 Å². The van der Waals surface area contributed by atoms with E-state index >= 15 is 0 Å². The highest BCUT2D eigenvalue weighted by Gasteiger charge is 2.82. The van der Waals surface area contributed by atoms with E-state index in [0.717, 1.165) is 5.56 Å². The fraction of sp³-hybridized carbons (Fsp3) is 0.723. The number of ether oxygens (including phenoxy) is 14. The first kappa shape index (κ1) is 66.1. The maximum Gasteiger partial charge on any atom is 0.338 e. The minimum atomic E-state index is -2.17. The SMILES string of the molecule is CO[C@H]1[C@@H](O)[C@H](O[C@@H]2[C@@H](C)O[C@@H](O[C@H]3[C@@H](OC)C[C@H](O[C@H]4[C@@H](OC)C[C@H](O[C@H]5CC[C@]6(C)[C@H]7C[C@@H](OC(=O)/C=C/c8ccccc8)[C@@]8(C)[C@](O)(CC[C@@]8(O)C(C)OC(=O)c8ccccc8)[C@]7(O)C=C[C@@]6(O)C5)O[C@@H]4C)O[C@@H]3C)C[C@H]2OC)O[C@H](C)[C@H]1O. The predicted molar refractivity (Wildman–Crippen MR) is 309 cm³/mol. The van der Waals surface area contributed by atoms with Crippen molar-refractivity contribution in [2.24, 2.45) is 16.7 Å². The van der Waals surface area contributed by atoms with E-state index in [1.54, 1.807) is 84.6 Å². The van der Waals surface area contributed by atoms with Crippen molar-refractivity contribution >= 4 is 18.0 Å². The molecule has 3 saturated carbocycles. The van der Waals surface area contributed by atoms with Gasteiger partial charge in [0.15, 0.2) is 25.2 Å². The van der Waals surface area contributed by atoms with Crippen LogP contribution >= 0.6 is 0 Å². The number of esters is 2. The zero-order chi connectivity index (χ0) is 62.6. The molecule has 2 aromatic carbocycles. The van der Waals surface area contributed by atoms with Crippen LogP contribution in [0.1, 0.15) is 122 Å². The third-order valence-corrected chi connectivity index (χ3v) is 21.3. The molecule has 4 aliphatic heterocycles. The number of aliphatic hydroxyl groups excluding tert-OH is 2. The second-order valence-electron chi connectivity index (χ2n) is 25.9. The topological polar surface area (TPSA) is 285 Å². The number of benzene rings is 2. The first-order valence-electron chi connectivity index (χ1n) is 30.8. The van der Waals surface area contributed by atoms with Gasteiger partial charge in [-0.25, -0.2) is 9.59 Å². The highest BCUT2D eigenvalue weighted by Crippen LogP contribution is 2.72. The van der Waals surface area contributed by atoms with Crippen LogP contribution in [-0.4, -0.2) is 216 Å². The summed E-state index contributed by atoms with van der Waals surface area (Å²) in [6.07, 6.45) is -8.01. The van der Waals surface area contributed by atoms with Crippen molar-refractivity contribution in [3.63, 3.8) is 0 Å². The van der Waals surface area contributed by atoms with Crippen molar-refractivity contribution in [1.29, 1.82) is 0 Å². The van der Waals surface area contributed by atoms with Crippen LogP contribution in [-0.2, 0) is 71.1 Å². The summed E-state index contributed by atoms with van der Waals surface area (Å²) in [5.41, 5.74) is -9.83. The maximum absolute atomic E-state index is 14.0. The lowest BCUT2D eigenvalue weighted by Gasteiger charge is -2.68.